The molecule has 1 aliphatic heterocycles. The van der Waals surface area contributed by atoms with Gasteiger partial charge in [-0.2, -0.15) is 0 Å². The molecule has 1 N–H and O–H groups in total. The Bertz CT molecular complexity index is 1310. The lowest BCUT2D eigenvalue weighted by atomic mass is 9.93. The lowest BCUT2D eigenvalue weighted by Crippen LogP contribution is -2.29. The number of halogens is 1. The van der Waals surface area contributed by atoms with Gasteiger partial charge in [0.1, 0.15) is 17.3 Å². The first kappa shape index (κ1) is 23.4. The lowest BCUT2D eigenvalue weighted by molar-refractivity contribution is -0.132. The van der Waals surface area contributed by atoms with Crippen molar-refractivity contribution in [3.8, 4) is 11.5 Å². The number of carbonyl (C=O) groups is 2. The molecule has 1 fully saturated rings. The van der Waals surface area contributed by atoms with Crippen LogP contribution in [0.3, 0.4) is 0 Å². The summed E-state index contributed by atoms with van der Waals surface area (Å²) in [6.07, 6.45) is 0. The third-order valence-corrected chi connectivity index (χ3v) is 6.08. The zero-order valence-corrected chi connectivity index (χ0v) is 20.0. The van der Waals surface area contributed by atoms with E-state index in [4.69, 9.17) is 21.1 Å². The Labute approximate surface area is 203 Å². The summed E-state index contributed by atoms with van der Waals surface area (Å²) in [4.78, 5) is 28.1. The molecule has 1 amide bonds. The number of anilines is 1. The van der Waals surface area contributed by atoms with Crippen molar-refractivity contribution in [1.82, 2.24) is 0 Å². The number of ketones is 1. The van der Waals surface area contributed by atoms with Gasteiger partial charge in [0, 0.05) is 5.69 Å². The molecule has 174 valence electrons. The minimum Gasteiger partial charge on any atom is -0.507 e. The quantitative estimate of drug-likeness (QED) is 0.294. The Morgan fingerprint density at radius 3 is 2.26 bits per heavy atom. The molecule has 1 aliphatic rings. The van der Waals surface area contributed by atoms with Crippen molar-refractivity contribution in [2.45, 2.75) is 19.9 Å². The number of aryl methyl sites for hydroxylation is 2. The molecule has 0 saturated carbocycles. The molecule has 6 nitrogen and oxygen atoms in total. The van der Waals surface area contributed by atoms with E-state index in [1.165, 1.54) is 12.0 Å². The molecule has 4 rings (SSSR count). The summed E-state index contributed by atoms with van der Waals surface area (Å²) in [6, 6.07) is 16.9. The van der Waals surface area contributed by atoms with Gasteiger partial charge in [0.05, 0.1) is 36.4 Å². The van der Waals surface area contributed by atoms with Crippen LogP contribution in [0.1, 0.15) is 28.3 Å². The fraction of sp³-hybridized carbons (Fsp3) is 0.185. The van der Waals surface area contributed by atoms with Gasteiger partial charge >= 0.3 is 0 Å². The number of ether oxygens (including phenoxy) is 2. The summed E-state index contributed by atoms with van der Waals surface area (Å²) in [5, 5.41) is 11.7. The molecular weight excluding hydrogens is 454 g/mol. The summed E-state index contributed by atoms with van der Waals surface area (Å²) in [6.45, 7) is 3.74. The summed E-state index contributed by atoms with van der Waals surface area (Å²) in [7, 11) is 2.98. The van der Waals surface area contributed by atoms with Crippen molar-refractivity contribution in [1.29, 1.82) is 0 Å². The molecule has 0 aromatic heterocycles. The van der Waals surface area contributed by atoms with Crippen LogP contribution in [-0.2, 0) is 9.59 Å². The SMILES string of the molecule is COc1ccc(N2C(=O)C(=O)/C(=C(/O)c3cc(C)cc(Cl)c3OC)C2c2cccc(C)c2)cc1. The normalized spacial score (nSPS) is 17.2. The second-order valence-corrected chi connectivity index (χ2v) is 8.52. The largest absolute Gasteiger partial charge is 0.507 e. The average Bonchev–Trinajstić information content (AvgIpc) is 3.08. The fourth-order valence-corrected chi connectivity index (χ4v) is 4.61. The number of rotatable bonds is 5. The smallest absolute Gasteiger partial charge is 0.300 e. The number of hydrogen-bond donors (Lipinski definition) is 1. The molecule has 1 atom stereocenters. The van der Waals surface area contributed by atoms with Crippen molar-refractivity contribution in [2.24, 2.45) is 0 Å². The summed E-state index contributed by atoms with van der Waals surface area (Å²) in [5.74, 6) is -1.03. The van der Waals surface area contributed by atoms with Crippen LogP contribution >= 0.6 is 11.6 Å². The average molecular weight is 478 g/mol. The van der Waals surface area contributed by atoms with Crippen molar-refractivity contribution in [3.05, 3.63) is 93.5 Å². The lowest BCUT2D eigenvalue weighted by Gasteiger charge is -2.26. The summed E-state index contributed by atoms with van der Waals surface area (Å²) < 4.78 is 10.6. The number of hydrogen-bond acceptors (Lipinski definition) is 5. The number of Topliss-reactive ketones (excluding diaryl/α,β-unsaturated/α-hetero) is 1. The highest BCUT2D eigenvalue weighted by Gasteiger charge is 2.47. The molecular formula is C27H24ClNO5. The third kappa shape index (κ3) is 4.01. The van der Waals surface area contributed by atoms with Crippen LogP contribution in [-0.4, -0.2) is 31.0 Å². The first-order chi connectivity index (χ1) is 16.3. The molecule has 7 heteroatoms. The number of amides is 1. The van der Waals surface area contributed by atoms with Crippen molar-refractivity contribution in [3.63, 3.8) is 0 Å². The maximum Gasteiger partial charge on any atom is 0.300 e. The fourth-order valence-electron chi connectivity index (χ4n) is 4.25. The zero-order valence-electron chi connectivity index (χ0n) is 19.3. The molecule has 1 heterocycles. The first-order valence-electron chi connectivity index (χ1n) is 10.6. The van der Waals surface area contributed by atoms with Gasteiger partial charge < -0.3 is 14.6 Å². The molecule has 34 heavy (non-hydrogen) atoms. The highest BCUT2D eigenvalue weighted by molar-refractivity contribution is 6.51. The number of aliphatic hydroxyl groups excluding tert-OH is 1. The van der Waals surface area contributed by atoms with Gasteiger partial charge in [-0.3, -0.25) is 14.5 Å². The van der Waals surface area contributed by atoms with E-state index in [9.17, 15) is 14.7 Å². The topological polar surface area (TPSA) is 76.1 Å². The van der Waals surface area contributed by atoms with Gasteiger partial charge in [0.15, 0.2) is 0 Å². The van der Waals surface area contributed by atoms with Crippen molar-refractivity contribution >= 4 is 34.7 Å². The van der Waals surface area contributed by atoms with Gasteiger partial charge in [0.25, 0.3) is 11.7 Å². The van der Waals surface area contributed by atoms with Crippen LogP contribution in [0.5, 0.6) is 11.5 Å². The van der Waals surface area contributed by atoms with Crippen LogP contribution in [0.4, 0.5) is 5.69 Å². The molecule has 0 spiro atoms. The van der Waals surface area contributed by atoms with E-state index in [0.29, 0.717) is 22.0 Å². The zero-order chi connectivity index (χ0) is 24.6. The second kappa shape index (κ2) is 9.23. The standard InChI is InChI=1S/C27H24ClNO5/c1-15-6-5-7-17(12-15)23-22(24(30)20-13-16(2)14-21(28)26(20)34-4)25(31)27(32)29(23)18-8-10-19(33-3)11-9-18/h5-14,23,30H,1-4H3/b24-22+. The van der Waals surface area contributed by atoms with Crippen LogP contribution in [0.15, 0.2) is 66.2 Å². The Balaban J connectivity index is 1.99. The third-order valence-electron chi connectivity index (χ3n) is 5.80. The first-order valence-corrected chi connectivity index (χ1v) is 11.0. The molecule has 0 radical (unpaired) electrons. The van der Waals surface area contributed by atoms with E-state index >= 15 is 0 Å². The van der Waals surface area contributed by atoms with E-state index < -0.39 is 17.7 Å². The number of methoxy groups -OCH3 is 2. The van der Waals surface area contributed by atoms with Crippen LogP contribution in [0, 0.1) is 13.8 Å². The van der Waals surface area contributed by atoms with Gasteiger partial charge in [-0.1, -0.05) is 41.4 Å². The van der Waals surface area contributed by atoms with E-state index in [0.717, 1.165) is 11.1 Å². The maximum absolute atomic E-state index is 13.4. The van der Waals surface area contributed by atoms with Crippen LogP contribution in [0.2, 0.25) is 5.02 Å². The Morgan fingerprint density at radius 2 is 1.65 bits per heavy atom. The monoisotopic (exact) mass is 477 g/mol. The summed E-state index contributed by atoms with van der Waals surface area (Å²) >= 11 is 6.35. The molecule has 1 unspecified atom stereocenters. The highest BCUT2D eigenvalue weighted by atomic mass is 35.5. The second-order valence-electron chi connectivity index (χ2n) is 8.11. The highest BCUT2D eigenvalue weighted by Crippen LogP contribution is 2.44. The Morgan fingerprint density at radius 1 is 0.941 bits per heavy atom. The van der Waals surface area contributed by atoms with E-state index in [1.54, 1.807) is 43.5 Å². The van der Waals surface area contributed by atoms with Crippen molar-refractivity contribution in [2.75, 3.05) is 19.1 Å². The Kier molecular flexibility index (Phi) is 6.35. The molecule has 0 aliphatic carbocycles. The summed E-state index contributed by atoms with van der Waals surface area (Å²) in [5.41, 5.74) is 3.12. The van der Waals surface area contributed by atoms with E-state index in [1.807, 2.05) is 38.1 Å². The van der Waals surface area contributed by atoms with Gasteiger partial charge in [-0.15, -0.1) is 0 Å². The molecule has 3 aromatic carbocycles. The number of nitrogens with zero attached hydrogens (tertiary/aromatic N) is 1. The van der Waals surface area contributed by atoms with E-state index in [-0.39, 0.29) is 22.6 Å². The minimum atomic E-state index is -0.850. The predicted octanol–water partition coefficient (Wildman–Crippen LogP) is 5.60. The van der Waals surface area contributed by atoms with Crippen LogP contribution < -0.4 is 14.4 Å². The van der Waals surface area contributed by atoms with Gasteiger partial charge in [0.2, 0.25) is 0 Å². The predicted molar refractivity (Wildman–Crippen MR) is 132 cm³/mol. The maximum atomic E-state index is 13.4. The number of carbonyl (C=O) groups excluding carboxylic acids is 2. The molecule has 0 bridgehead atoms. The van der Waals surface area contributed by atoms with Crippen LogP contribution in [0.25, 0.3) is 5.76 Å². The van der Waals surface area contributed by atoms with Gasteiger partial charge in [-0.25, -0.2) is 0 Å². The molecule has 1 saturated heterocycles. The number of aliphatic hydroxyl groups is 1. The van der Waals surface area contributed by atoms with Crippen molar-refractivity contribution < 1.29 is 24.2 Å². The van der Waals surface area contributed by atoms with E-state index in [2.05, 4.69) is 0 Å². The number of benzene rings is 3. The van der Waals surface area contributed by atoms with Gasteiger partial charge in [-0.05, 0) is 61.4 Å². The minimum absolute atomic E-state index is 0.0358. The molecule has 3 aromatic rings. The Hall–Kier alpha value is -3.77.